The summed E-state index contributed by atoms with van der Waals surface area (Å²) in [5.74, 6) is 0.877. The molecule has 5 nitrogen and oxygen atoms in total. The van der Waals surface area contributed by atoms with Crippen molar-refractivity contribution < 1.29 is 5.11 Å². The molecule has 1 aromatic rings. The minimum Gasteiger partial charge on any atom is -0.390 e. The van der Waals surface area contributed by atoms with E-state index >= 15 is 0 Å². The highest BCUT2D eigenvalue weighted by molar-refractivity contribution is 5.36. The van der Waals surface area contributed by atoms with Gasteiger partial charge < -0.3 is 14.9 Å². The zero-order valence-corrected chi connectivity index (χ0v) is 10.5. The van der Waals surface area contributed by atoms with Crippen molar-refractivity contribution in [3.8, 4) is 0 Å². The molecule has 0 radical (unpaired) electrons. The number of hydrogen-bond donors (Lipinski definition) is 1. The molecule has 1 fully saturated rings. The number of piperidine rings is 1. The molecule has 94 valence electrons. The lowest BCUT2D eigenvalue weighted by atomic mass is 10.1. The molecule has 1 aliphatic rings. The molecule has 2 rings (SSSR count). The molecule has 0 aromatic carbocycles. The second-order valence-corrected chi connectivity index (χ2v) is 4.69. The summed E-state index contributed by atoms with van der Waals surface area (Å²) in [5.41, 5.74) is 0.614. The molecule has 1 aliphatic heterocycles. The van der Waals surface area contributed by atoms with Crippen molar-refractivity contribution in [2.75, 3.05) is 32.1 Å². The van der Waals surface area contributed by atoms with Crippen LogP contribution in [0.5, 0.6) is 0 Å². The fraction of sp³-hybridized carbons (Fsp3) is 0.667. The lowest BCUT2D eigenvalue weighted by Gasteiger charge is -2.36. The minimum absolute atomic E-state index is 0.0524. The first kappa shape index (κ1) is 12.3. The number of aliphatic hydroxyl groups excluding tert-OH is 1. The van der Waals surface area contributed by atoms with Gasteiger partial charge in [0.1, 0.15) is 5.82 Å². The van der Waals surface area contributed by atoms with E-state index in [1.165, 1.54) is 19.4 Å². The van der Waals surface area contributed by atoms with Crippen LogP contribution in [-0.2, 0) is 6.61 Å². The van der Waals surface area contributed by atoms with Crippen molar-refractivity contribution >= 4 is 5.82 Å². The first-order valence-corrected chi connectivity index (χ1v) is 6.04. The van der Waals surface area contributed by atoms with E-state index in [1.54, 1.807) is 12.4 Å². The number of likely N-dealkylation sites (N-methyl/N-ethyl adjacent to an activating group) is 2. The molecule has 0 bridgehead atoms. The van der Waals surface area contributed by atoms with Crippen LogP contribution in [-0.4, -0.2) is 53.2 Å². The predicted octanol–water partition coefficient (Wildman–Crippen LogP) is 0.499. The van der Waals surface area contributed by atoms with Gasteiger partial charge in [-0.25, -0.2) is 4.98 Å². The van der Waals surface area contributed by atoms with Crippen molar-refractivity contribution in [1.82, 2.24) is 14.9 Å². The van der Waals surface area contributed by atoms with E-state index in [-0.39, 0.29) is 6.61 Å². The average Bonchev–Trinajstić information content (AvgIpc) is 2.38. The third-order valence-corrected chi connectivity index (χ3v) is 3.36. The lowest BCUT2D eigenvalue weighted by Crippen LogP contribution is -2.45. The summed E-state index contributed by atoms with van der Waals surface area (Å²) < 4.78 is 0. The Bertz CT molecular complexity index is 354. The van der Waals surface area contributed by atoms with Crippen molar-refractivity contribution in [3.63, 3.8) is 0 Å². The molecule has 0 aliphatic carbocycles. The number of aliphatic hydroxyl groups is 1. The smallest absolute Gasteiger partial charge is 0.147 e. The van der Waals surface area contributed by atoms with E-state index in [2.05, 4.69) is 33.9 Å². The Morgan fingerprint density at radius 1 is 1.47 bits per heavy atom. The second kappa shape index (κ2) is 5.42. The van der Waals surface area contributed by atoms with E-state index < -0.39 is 0 Å². The summed E-state index contributed by atoms with van der Waals surface area (Å²) in [6.45, 7) is 2.20. The summed E-state index contributed by atoms with van der Waals surface area (Å²) in [7, 11) is 4.22. The van der Waals surface area contributed by atoms with Crippen molar-refractivity contribution in [2.45, 2.75) is 25.5 Å². The SMILES string of the molecule is CN1CCCC(N(C)c2cnc(CO)cn2)C1. The molecule has 0 amide bonds. The van der Waals surface area contributed by atoms with Gasteiger partial charge in [-0.05, 0) is 26.4 Å². The highest BCUT2D eigenvalue weighted by atomic mass is 16.3. The molecule has 2 heterocycles. The molecule has 5 heteroatoms. The third-order valence-electron chi connectivity index (χ3n) is 3.36. The summed E-state index contributed by atoms with van der Waals surface area (Å²) in [5, 5.41) is 8.93. The molecule has 1 unspecified atom stereocenters. The molecule has 0 spiro atoms. The fourth-order valence-electron chi connectivity index (χ4n) is 2.25. The molecular weight excluding hydrogens is 216 g/mol. The number of likely N-dealkylation sites (tertiary alicyclic amines) is 1. The molecule has 1 aromatic heterocycles. The van der Waals surface area contributed by atoms with Gasteiger partial charge in [-0.2, -0.15) is 0 Å². The predicted molar refractivity (Wildman–Crippen MR) is 66.9 cm³/mol. The first-order valence-electron chi connectivity index (χ1n) is 6.04. The number of nitrogens with zero attached hydrogens (tertiary/aromatic N) is 4. The fourth-order valence-corrected chi connectivity index (χ4v) is 2.25. The van der Waals surface area contributed by atoms with Crippen LogP contribution in [0.25, 0.3) is 0 Å². The van der Waals surface area contributed by atoms with Gasteiger partial charge in [-0.15, -0.1) is 0 Å². The van der Waals surface area contributed by atoms with Crippen LogP contribution in [0.1, 0.15) is 18.5 Å². The van der Waals surface area contributed by atoms with E-state index in [4.69, 9.17) is 5.11 Å². The van der Waals surface area contributed by atoms with Gasteiger partial charge >= 0.3 is 0 Å². The Morgan fingerprint density at radius 3 is 2.88 bits per heavy atom. The molecule has 1 saturated heterocycles. The number of hydrogen-bond acceptors (Lipinski definition) is 5. The Balaban J connectivity index is 2.04. The van der Waals surface area contributed by atoms with E-state index in [0.29, 0.717) is 11.7 Å². The van der Waals surface area contributed by atoms with Crippen molar-refractivity contribution in [3.05, 3.63) is 18.1 Å². The third kappa shape index (κ3) is 2.92. The summed E-state index contributed by atoms with van der Waals surface area (Å²) in [4.78, 5) is 13.0. The van der Waals surface area contributed by atoms with Crippen LogP contribution in [0.3, 0.4) is 0 Å². The Hall–Kier alpha value is -1.20. The topological polar surface area (TPSA) is 52.5 Å². The van der Waals surface area contributed by atoms with E-state index in [0.717, 1.165) is 12.4 Å². The number of rotatable bonds is 3. The largest absolute Gasteiger partial charge is 0.390 e. The summed E-state index contributed by atoms with van der Waals surface area (Å²) >= 11 is 0. The number of anilines is 1. The van der Waals surface area contributed by atoms with Crippen LogP contribution >= 0.6 is 0 Å². The number of aromatic nitrogens is 2. The Kier molecular flexibility index (Phi) is 3.91. The van der Waals surface area contributed by atoms with Gasteiger partial charge in [0.25, 0.3) is 0 Å². The Labute approximate surface area is 102 Å². The minimum atomic E-state index is -0.0524. The summed E-state index contributed by atoms with van der Waals surface area (Å²) in [6, 6.07) is 0.503. The zero-order chi connectivity index (χ0) is 12.3. The quantitative estimate of drug-likeness (QED) is 0.828. The maximum atomic E-state index is 8.93. The van der Waals surface area contributed by atoms with Crippen LogP contribution in [0.4, 0.5) is 5.82 Å². The summed E-state index contributed by atoms with van der Waals surface area (Å²) in [6.07, 6.45) is 5.80. The Morgan fingerprint density at radius 2 is 2.29 bits per heavy atom. The lowest BCUT2D eigenvalue weighted by molar-refractivity contribution is 0.247. The van der Waals surface area contributed by atoms with E-state index in [9.17, 15) is 0 Å². The second-order valence-electron chi connectivity index (χ2n) is 4.69. The molecule has 1 N–H and O–H groups in total. The van der Waals surface area contributed by atoms with Gasteiger partial charge in [0.15, 0.2) is 0 Å². The maximum absolute atomic E-state index is 8.93. The highest BCUT2D eigenvalue weighted by Gasteiger charge is 2.21. The van der Waals surface area contributed by atoms with Gasteiger partial charge in [0, 0.05) is 19.6 Å². The van der Waals surface area contributed by atoms with Crippen LogP contribution < -0.4 is 4.90 Å². The zero-order valence-electron chi connectivity index (χ0n) is 10.5. The molecule has 17 heavy (non-hydrogen) atoms. The average molecular weight is 236 g/mol. The van der Waals surface area contributed by atoms with Crippen LogP contribution in [0, 0.1) is 0 Å². The maximum Gasteiger partial charge on any atom is 0.147 e. The van der Waals surface area contributed by atoms with Gasteiger partial charge in [-0.3, -0.25) is 4.98 Å². The standard InChI is InChI=1S/C12H20N4O/c1-15-5-3-4-11(8-15)16(2)12-7-13-10(9-17)6-14-12/h6-7,11,17H,3-5,8-9H2,1-2H3. The van der Waals surface area contributed by atoms with Gasteiger partial charge in [0.05, 0.1) is 24.7 Å². The van der Waals surface area contributed by atoms with Crippen molar-refractivity contribution in [1.29, 1.82) is 0 Å². The normalized spacial score (nSPS) is 21.5. The first-order chi connectivity index (χ1) is 8.20. The van der Waals surface area contributed by atoms with Gasteiger partial charge in [-0.1, -0.05) is 0 Å². The van der Waals surface area contributed by atoms with Crippen LogP contribution in [0.15, 0.2) is 12.4 Å². The monoisotopic (exact) mass is 236 g/mol. The molecular formula is C12H20N4O. The molecule has 1 atom stereocenters. The van der Waals surface area contributed by atoms with E-state index in [1.807, 2.05) is 0 Å². The molecule has 0 saturated carbocycles. The van der Waals surface area contributed by atoms with Crippen molar-refractivity contribution in [2.24, 2.45) is 0 Å². The van der Waals surface area contributed by atoms with Gasteiger partial charge in [0.2, 0.25) is 0 Å². The highest BCUT2D eigenvalue weighted by Crippen LogP contribution is 2.18. The van der Waals surface area contributed by atoms with Crippen LogP contribution in [0.2, 0.25) is 0 Å².